The highest BCUT2D eigenvalue weighted by atomic mass is 35.5. The van der Waals surface area contributed by atoms with E-state index < -0.39 is 33.3 Å². The number of anilines is 1. The number of carbonyl (C=O) groups is 1. The number of benzene rings is 2. The third-order valence-corrected chi connectivity index (χ3v) is 6.49. The van der Waals surface area contributed by atoms with Crippen LogP contribution in [0.4, 0.5) is 10.1 Å². The first-order valence-electron chi connectivity index (χ1n) is 8.57. The molecule has 2 aromatic rings. The zero-order valence-electron chi connectivity index (χ0n) is 16.0. The molecule has 0 aliphatic rings. The first-order valence-corrected chi connectivity index (χ1v) is 10.8. The third kappa shape index (κ3) is 5.39. The Bertz CT molecular complexity index is 998. The highest BCUT2D eigenvalue weighted by Crippen LogP contribution is 2.31. The maximum Gasteiger partial charge on any atom is 0.265 e. The molecule has 0 aromatic heterocycles. The Kier molecular flexibility index (Phi) is 7.16. The highest BCUT2D eigenvalue weighted by molar-refractivity contribution is 7.93. The van der Waals surface area contributed by atoms with Crippen molar-refractivity contribution in [2.24, 2.45) is 0 Å². The average Bonchev–Trinajstić information content (AvgIpc) is 2.64. The fourth-order valence-corrected chi connectivity index (χ4v) is 4.42. The van der Waals surface area contributed by atoms with Gasteiger partial charge in [0.05, 0.1) is 22.7 Å². The molecule has 0 spiro atoms. The summed E-state index contributed by atoms with van der Waals surface area (Å²) >= 11 is 11.8. The van der Waals surface area contributed by atoms with Gasteiger partial charge in [-0.1, -0.05) is 23.2 Å². The van der Waals surface area contributed by atoms with E-state index in [0.717, 1.165) is 12.1 Å². The lowest BCUT2D eigenvalue weighted by Crippen LogP contribution is -2.55. The van der Waals surface area contributed by atoms with Crippen LogP contribution in [0.5, 0.6) is 0 Å². The Morgan fingerprint density at radius 2 is 1.72 bits per heavy atom. The smallest absolute Gasteiger partial charge is 0.265 e. The molecule has 0 radical (unpaired) electrons. The first kappa shape index (κ1) is 23.4. The van der Waals surface area contributed by atoms with Gasteiger partial charge in [0.25, 0.3) is 10.0 Å². The second kappa shape index (κ2) is 8.87. The van der Waals surface area contributed by atoms with Crippen molar-refractivity contribution in [2.75, 3.05) is 10.9 Å². The molecule has 0 saturated carbocycles. The third-order valence-electron chi connectivity index (χ3n) is 4.10. The number of sulfonamides is 1. The van der Waals surface area contributed by atoms with Gasteiger partial charge in [0.15, 0.2) is 0 Å². The van der Waals surface area contributed by atoms with E-state index in [1.54, 1.807) is 13.8 Å². The van der Waals surface area contributed by atoms with Gasteiger partial charge < -0.3 is 10.4 Å². The van der Waals surface area contributed by atoms with Crippen molar-refractivity contribution in [3.8, 4) is 0 Å². The minimum atomic E-state index is -4.36. The number of hydrogen-bond donors (Lipinski definition) is 2. The molecule has 158 valence electrons. The SMILES string of the molecule is CC(C(=O)NC(C)(C)CO)N(c1cc(Cl)ccc1F)S(=O)(=O)c1ccc(Cl)cc1. The number of carbonyl (C=O) groups excluding carboxylic acids is 1. The minimum Gasteiger partial charge on any atom is -0.394 e. The molecule has 2 rings (SSSR count). The van der Waals surface area contributed by atoms with Gasteiger partial charge >= 0.3 is 0 Å². The van der Waals surface area contributed by atoms with Crippen molar-refractivity contribution in [1.29, 1.82) is 0 Å². The molecule has 10 heteroatoms. The van der Waals surface area contributed by atoms with E-state index in [2.05, 4.69) is 5.32 Å². The summed E-state index contributed by atoms with van der Waals surface area (Å²) in [7, 11) is -4.36. The average molecular weight is 463 g/mol. The fraction of sp³-hybridized carbons (Fsp3) is 0.316. The van der Waals surface area contributed by atoms with Crippen LogP contribution in [0.25, 0.3) is 0 Å². The van der Waals surface area contributed by atoms with Crippen LogP contribution in [0.2, 0.25) is 10.0 Å². The quantitative estimate of drug-likeness (QED) is 0.657. The maximum absolute atomic E-state index is 14.6. The van der Waals surface area contributed by atoms with Crippen LogP contribution in [-0.4, -0.2) is 37.6 Å². The molecule has 1 atom stereocenters. The molecule has 2 aromatic carbocycles. The van der Waals surface area contributed by atoms with Crippen molar-refractivity contribution < 1.29 is 22.7 Å². The standard InChI is InChI=1S/C19H21Cl2FN2O4S/c1-12(18(26)23-19(2,3)11-25)24(17-10-14(21)6-9-16(17)22)29(27,28)15-7-4-13(20)5-8-15/h4-10,12,25H,11H2,1-3H3,(H,23,26). The summed E-state index contributed by atoms with van der Waals surface area (Å²) in [4.78, 5) is 12.6. The second-order valence-electron chi connectivity index (χ2n) is 7.06. The number of aliphatic hydroxyl groups is 1. The van der Waals surface area contributed by atoms with Crippen molar-refractivity contribution in [3.63, 3.8) is 0 Å². The van der Waals surface area contributed by atoms with E-state index >= 15 is 0 Å². The Hall–Kier alpha value is -1.87. The lowest BCUT2D eigenvalue weighted by atomic mass is 10.1. The lowest BCUT2D eigenvalue weighted by molar-refractivity contribution is -0.123. The molecule has 0 aliphatic carbocycles. The molecule has 1 amide bonds. The molecule has 0 heterocycles. The van der Waals surface area contributed by atoms with Gasteiger partial charge in [0, 0.05) is 10.0 Å². The molecule has 0 aliphatic heterocycles. The van der Waals surface area contributed by atoms with Crippen LogP contribution in [0, 0.1) is 5.82 Å². The maximum atomic E-state index is 14.6. The molecule has 29 heavy (non-hydrogen) atoms. The molecular formula is C19H21Cl2FN2O4S. The Labute approximate surface area is 179 Å². The normalized spacial score (nSPS) is 13.1. The van der Waals surface area contributed by atoms with Crippen molar-refractivity contribution in [1.82, 2.24) is 5.32 Å². The van der Waals surface area contributed by atoms with Crippen molar-refractivity contribution in [3.05, 3.63) is 58.3 Å². The van der Waals surface area contributed by atoms with Gasteiger partial charge in [-0.2, -0.15) is 0 Å². The molecule has 6 nitrogen and oxygen atoms in total. The number of rotatable bonds is 7. The topological polar surface area (TPSA) is 86.7 Å². The summed E-state index contributed by atoms with van der Waals surface area (Å²) in [6.45, 7) is 4.07. The first-order chi connectivity index (χ1) is 13.4. The largest absolute Gasteiger partial charge is 0.394 e. The van der Waals surface area contributed by atoms with Gasteiger partial charge in [-0.25, -0.2) is 12.8 Å². The van der Waals surface area contributed by atoms with Gasteiger partial charge in [0.1, 0.15) is 11.9 Å². The predicted octanol–water partition coefficient (Wildman–Crippen LogP) is 3.60. The summed E-state index contributed by atoms with van der Waals surface area (Å²) in [6, 6.07) is 7.34. The van der Waals surface area contributed by atoms with Crippen LogP contribution >= 0.6 is 23.2 Å². The van der Waals surface area contributed by atoms with Crippen LogP contribution in [0.1, 0.15) is 20.8 Å². The summed E-state index contributed by atoms with van der Waals surface area (Å²) < 4.78 is 41.9. The van der Waals surface area contributed by atoms with E-state index in [0.29, 0.717) is 9.33 Å². The van der Waals surface area contributed by atoms with E-state index in [4.69, 9.17) is 23.2 Å². The minimum absolute atomic E-state index is 0.0982. The van der Waals surface area contributed by atoms with Crippen LogP contribution < -0.4 is 9.62 Å². The molecule has 0 fully saturated rings. The Morgan fingerprint density at radius 3 is 2.28 bits per heavy atom. The fourth-order valence-electron chi connectivity index (χ4n) is 2.51. The molecular weight excluding hydrogens is 442 g/mol. The summed E-state index contributed by atoms with van der Waals surface area (Å²) in [5.41, 5.74) is -1.38. The molecule has 2 N–H and O–H groups in total. The number of nitrogens with one attached hydrogen (secondary N) is 1. The number of aliphatic hydroxyl groups excluding tert-OH is 1. The molecule has 0 saturated heterocycles. The second-order valence-corrected chi connectivity index (χ2v) is 9.75. The van der Waals surface area contributed by atoms with Gasteiger partial charge in [-0.3, -0.25) is 9.10 Å². The van der Waals surface area contributed by atoms with Gasteiger partial charge in [-0.15, -0.1) is 0 Å². The number of halogens is 3. The van der Waals surface area contributed by atoms with Crippen LogP contribution in [0.15, 0.2) is 47.4 Å². The summed E-state index contributed by atoms with van der Waals surface area (Å²) in [5, 5.41) is 12.4. The van der Waals surface area contributed by atoms with Crippen LogP contribution in [0.3, 0.4) is 0 Å². The zero-order chi connectivity index (χ0) is 22.0. The Morgan fingerprint density at radius 1 is 1.17 bits per heavy atom. The number of amides is 1. The number of nitrogens with zero attached hydrogens (tertiary/aromatic N) is 1. The highest BCUT2D eigenvalue weighted by Gasteiger charge is 2.36. The molecule has 1 unspecified atom stereocenters. The lowest BCUT2D eigenvalue weighted by Gasteiger charge is -2.33. The molecule has 0 bridgehead atoms. The predicted molar refractivity (Wildman–Crippen MR) is 111 cm³/mol. The van der Waals surface area contributed by atoms with E-state index in [1.165, 1.54) is 37.3 Å². The number of hydrogen-bond acceptors (Lipinski definition) is 4. The van der Waals surface area contributed by atoms with Crippen molar-refractivity contribution >= 4 is 44.8 Å². The Balaban J connectivity index is 2.61. The summed E-state index contributed by atoms with van der Waals surface area (Å²) in [6.07, 6.45) is 0. The van der Waals surface area contributed by atoms with Crippen LogP contribution in [-0.2, 0) is 14.8 Å². The zero-order valence-corrected chi connectivity index (χ0v) is 18.3. The van der Waals surface area contributed by atoms with E-state index in [9.17, 15) is 22.7 Å². The van der Waals surface area contributed by atoms with Gasteiger partial charge in [-0.05, 0) is 63.2 Å². The van der Waals surface area contributed by atoms with E-state index in [-0.39, 0.29) is 22.2 Å². The van der Waals surface area contributed by atoms with E-state index in [1.807, 2.05) is 0 Å². The van der Waals surface area contributed by atoms with Crippen molar-refractivity contribution in [2.45, 2.75) is 37.2 Å². The monoisotopic (exact) mass is 462 g/mol. The van der Waals surface area contributed by atoms with Gasteiger partial charge in [0.2, 0.25) is 5.91 Å². The summed E-state index contributed by atoms with van der Waals surface area (Å²) in [5.74, 6) is -1.59.